The Morgan fingerprint density at radius 3 is 2.62 bits per heavy atom. The number of nitrogens with one attached hydrogen (secondary N) is 1. The SMILES string of the molecule is CCOC(=O)c1c(NC(=O)CSc2ccc3c(c2)OCCO3)sc(C(C)=O)c1C. The Morgan fingerprint density at radius 2 is 1.93 bits per heavy atom. The fourth-order valence-electron chi connectivity index (χ4n) is 2.81. The maximum Gasteiger partial charge on any atom is 0.341 e. The summed E-state index contributed by atoms with van der Waals surface area (Å²) in [6.07, 6.45) is 0. The fraction of sp³-hybridized carbons (Fsp3) is 0.350. The first-order valence-electron chi connectivity index (χ1n) is 9.04. The number of ketones is 1. The summed E-state index contributed by atoms with van der Waals surface area (Å²) in [4.78, 5) is 37.9. The number of carbonyl (C=O) groups excluding carboxylic acids is 3. The summed E-state index contributed by atoms with van der Waals surface area (Å²) in [7, 11) is 0. The lowest BCUT2D eigenvalue weighted by Gasteiger charge is -2.18. The number of rotatable bonds is 7. The van der Waals surface area contributed by atoms with Gasteiger partial charge >= 0.3 is 5.97 Å². The van der Waals surface area contributed by atoms with Gasteiger partial charge in [0.15, 0.2) is 17.3 Å². The van der Waals surface area contributed by atoms with E-state index in [1.807, 2.05) is 18.2 Å². The van der Waals surface area contributed by atoms with E-state index in [0.717, 1.165) is 16.2 Å². The molecule has 0 aliphatic carbocycles. The largest absolute Gasteiger partial charge is 0.486 e. The topological polar surface area (TPSA) is 90.9 Å². The van der Waals surface area contributed by atoms with Gasteiger partial charge in [-0.2, -0.15) is 0 Å². The maximum atomic E-state index is 12.5. The van der Waals surface area contributed by atoms with Crippen molar-refractivity contribution in [3.8, 4) is 11.5 Å². The molecule has 0 unspecified atom stereocenters. The molecule has 154 valence electrons. The summed E-state index contributed by atoms with van der Waals surface area (Å²) < 4.78 is 16.1. The minimum Gasteiger partial charge on any atom is -0.486 e. The molecule has 1 aromatic carbocycles. The van der Waals surface area contributed by atoms with E-state index in [9.17, 15) is 14.4 Å². The highest BCUT2D eigenvalue weighted by molar-refractivity contribution is 8.00. The van der Waals surface area contributed by atoms with E-state index in [4.69, 9.17) is 14.2 Å². The van der Waals surface area contributed by atoms with Gasteiger partial charge in [0.05, 0.1) is 22.8 Å². The number of benzene rings is 1. The van der Waals surface area contributed by atoms with E-state index >= 15 is 0 Å². The Balaban J connectivity index is 1.71. The lowest BCUT2D eigenvalue weighted by Crippen LogP contribution is -2.16. The zero-order valence-electron chi connectivity index (χ0n) is 16.3. The van der Waals surface area contributed by atoms with Crippen molar-refractivity contribution in [2.45, 2.75) is 25.7 Å². The molecule has 1 aromatic heterocycles. The van der Waals surface area contributed by atoms with E-state index in [0.29, 0.717) is 40.2 Å². The van der Waals surface area contributed by atoms with Gasteiger partial charge in [0.1, 0.15) is 18.2 Å². The third-order valence-corrected chi connectivity index (χ3v) is 6.38. The van der Waals surface area contributed by atoms with Crippen LogP contribution in [-0.2, 0) is 9.53 Å². The van der Waals surface area contributed by atoms with Crippen molar-refractivity contribution in [3.63, 3.8) is 0 Å². The fourth-order valence-corrected chi connectivity index (χ4v) is 4.64. The average Bonchev–Trinajstić information content (AvgIpc) is 3.02. The second-order valence-corrected chi connectivity index (χ2v) is 8.25. The van der Waals surface area contributed by atoms with Crippen LogP contribution in [0.2, 0.25) is 0 Å². The van der Waals surface area contributed by atoms with Gasteiger partial charge in [0.2, 0.25) is 5.91 Å². The first kappa shape index (κ1) is 21.2. The Bertz CT molecular complexity index is 953. The summed E-state index contributed by atoms with van der Waals surface area (Å²) in [6.45, 7) is 6.03. The average molecular weight is 436 g/mol. The Hall–Kier alpha value is -2.52. The second kappa shape index (κ2) is 9.32. The number of carbonyl (C=O) groups is 3. The summed E-state index contributed by atoms with van der Waals surface area (Å²) in [5.74, 6) is 0.481. The van der Waals surface area contributed by atoms with Crippen LogP contribution in [0, 0.1) is 6.92 Å². The third kappa shape index (κ3) is 4.91. The zero-order valence-corrected chi connectivity index (χ0v) is 18.0. The first-order valence-corrected chi connectivity index (χ1v) is 10.8. The van der Waals surface area contributed by atoms with Gasteiger partial charge in [-0.15, -0.1) is 23.1 Å². The third-order valence-electron chi connectivity index (χ3n) is 4.08. The number of thioether (sulfide) groups is 1. The van der Waals surface area contributed by atoms with E-state index in [1.165, 1.54) is 18.7 Å². The van der Waals surface area contributed by atoms with Crippen LogP contribution in [0.15, 0.2) is 23.1 Å². The number of fused-ring (bicyclic) bond motifs is 1. The molecule has 0 bridgehead atoms. The molecule has 1 aliphatic heterocycles. The van der Waals surface area contributed by atoms with Crippen molar-refractivity contribution in [3.05, 3.63) is 34.2 Å². The summed E-state index contributed by atoms with van der Waals surface area (Å²) >= 11 is 2.43. The molecule has 29 heavy (non-hydrogen) atoms. The van der Waals surface area contributed by atoms with Gasteiger partial charge in [-0.3, -0.25) is 9.59 Å². The molecule has 2 heterocycles. The van der Waals surface area contributed by atoms with Gasteiger partial charge < -0.3 is 19.5 Å². The molecule has 1 amide bonds. The lowest BCUT2D eigenvalue weighted by atomic mass is 10.1. The van der Waals surface area contributed by atoms with E-state index in [-0.39, 0.29) is 29.6 Å². The highest BCUT2D eigenvalue weighted by Gasteiger charge is 2.25. The van der Waals surface area contributed by atoms with Gasteiger partial charge in [-0.1, -0.05) is 0 Å². The summed E-state index contributed by atoms with van der Waals surface area (Å²) in [5.41, 5.74) is 0.760. The predicted octanol–water partition coefficient (Wildman–Crippen LogP) is 3.94. The molecule has 3 rings (SSSR count). The molecule has 0 radical (unpaired) electrons. The van der Waals surface area contributed by atoms with Crippen LogP contribution in [0.4, 0.5) is 5.00 Å². The Kier molecular flexibility index (Phi) is 6.81. The van der Waals surface area contributed by atoms with Gasteiger partial charge in [-0.25, -0.2) is 4.79 Å². The van der Waals surface area contributed by atoms with Crippen molar-refractivity contribution in [1.29, 1.82) is 0 Å². The molecule has 1 aliphatic rings. The molecule has 2 aromatic rings. The molecule has 7 nitrogen and oxygen atoms in total. The number of esters is 1. The molecule has 0 atom stereocenters. The number of hydrogen-bond acceptors (Lipinski definition) is 8. The molecule has 0 saturated heterocycles. The molecular weight excluding hydrogens is 414 g/mol. The Labute approximate surface area is 176 Å². The molecule has 0 saturated carbocycles. The first-order chi connectivity index (χ1) is 13.9. The van der Waals surface area contributed by atoms with Crippen LogP contribution in [0.5, 0.6) is 11.5 Å². The van der Waals surface area contributed by atoms with Crippen molar-refractivity contribution in [1.82, 2.24) is 0 Å². The van der Waals surface area contributed by atoms with Crippen molar-refractivity contribution < 1.29 is 28.6 Å². The number of anilines is 1. The monoisotopic (exact) mass is 435 g/mol. The van der Waals surface area contributed by atoms with Gasteiger partial charge in [-0.05, 0) is 44.5 Å². The van der Waals surface area contributed by atoms with Crippen LogP contribution in [0.25, 0.3) is 0 Å². The van der Waals surface area contributed by atoms with Crippen LogP contribution >= 0.6 is 23.1 Å². The molecule has 1 N–H and O–H groups in total. The molecule has 0 spiro atoms. The van der Waals surface area contributed by atoms with E-state index in [2.05, 4.69) is 5.32 Å². The van der Waals surface area contributed by atoms with Gasteiger partial charge in [0.25, 0.3) is 0 Å². The van der Waals surface area contributed by atoms with Crippen molar-refractivity contribution >= 4 is 45.8 Å². The number of thiophene rings is 1. The minimum absolute atomic E-state index is 0.133. The summed E-state index contributed by atoms with van der Waals surface area (Å²) in [6, 6.07) is 5.51. The zero-order chi connectivity index (χ0) is 21.0. The van der Waals surface area contributed by atoms with Crippen LogP contribution < -0.4 is 14.8 Å². The van der Waals surface area contributed by atoms with E-state index in [1.54, 1.807) is 13.8 Å². The predicted molar refractivity (Wildman–Crippen MR) is 112 cm³/mol. The van der Waals surface area contributed by atoms with Crippen molar-refractivity contribution in [2.75, 3.05) is 30.9 Å². The van der Waals surface area contributed by atoms with Gasteiger partial charge in [0, 0.05) is 4.90 Å². The highest BCUT2D eigenvalue weighted by Crippen LogP contribution is 2.36. The smallest absolute Gasteiger partial charge is 0.341 e. The number of amides is 1. The van der Waals surface area contributed by atoms with E-state index < -0.39 is 5.97 Å². The number of hydrogen-bond donors (Lipinski definition) is 1. The molecule has 0 fully saturated rings. The number of Topliss-reactive ketones (excluding diaryl/α,β-unsaturated/α-hetero) is 1. The second-order valence-electron chi connectivity index (χ2n) is 6.18. The maximum absolute atomic E-state index is 12.5. The highest BCUT2D eigenvalue weighted by atomic mass is 32.2. The summed E-state index contributed by atoms with van der Waals surface area (Å²) in [5, 5.41) is 3.08. The molecular formula is C20H21NO6S2. The molecule has 9 heteroatoms. The standard InChI is InChI=1S/C20H21NO6S2/c1-4-25-20(24)17-11(2)18(12(3)22)29-19(17)21-16(23)10-28-13-5-6-14-15(9-13)27-8-7-26-14/h5-6,9H,4,7-8,10H2,1-3H3,(H,21,23). The minimum atomic E-state index is -0.552. The van der Waals surface area contributed by atoms with Crippen LogP contribution in [-0.4, -0.2) is 43.2 Å². The van der Waals surface area contributed by atoms with Crippen LogP contribution in [0.1, 0.15) is 39.4 Å². The van der Waals surface area contributed by atoms with Crippen LogP contribution in [0.3, 0.4) is 0 Å². The van der Waals surface area contributed by atoms with Crippen molar-refractivity contribution in [2.24, 2.45) is 0 Å². The lowest BCUT2D eigenvalue weighted by molar-refractivity contribution is -0.113. The number of ether oxygens (including phenoxy) is 3. The Morgan fingerprint density at radius 1 is 1.21 bits per heavy atom. The normalized spacial score (nSPS) is 12.4. The quantitative estimate of drug-likeness (QED) is 0.400.